The van der Waals surface area contributed by atoms with Gasteiger partial charge < -0.3 is 9.47 Å². The molecule has 0 unspecified atom stereocenters. The second kappa shape index (κ2) is 5.36. The van der Waals surface area contributed by atoms with Crippen LogP contribution in [0.2, 0.25) is 0 Å². The third kappa shape index (κ3) is 2.75. The highest BCUT2D eigenvalue weighted by atomic mass is 79.9. The lowest BCUT2D eigenvalue weighted by Crippen LogP contribution is -2.33. The van der Waals surface area contributed by atoms with Crippen molar-refractivity contribution in [3.8, 4) is 0 Å². The van der Waals surface area contributed by atoms with Crippen molar-refractivity contribution in [2.24, 2.45) is 7.05 Å². The average Bonchev–Trinajstić information content (AvgIpc) is 3.20. The van der Waals surface area contributed by atoms with Gasteiger partial charge in [-0.2, -0.15) is 0 Å². The maximum Gasteiger partial charge on any atom is 0.256 e. The van der Waals surface area contributed by atoms with Gasteiger partial charge in [-0.3, -0.25) is 4.79 Å². The van der Waals surface area contributed by atoms with Gasteiger partial charge in [0.05, 0.1) is 12.1 Å². The molecule has 2 aromatic rings. The van der Waals surface area contributed by atoms with E-state index in [0.29, 0.717) is 18.2 Å². The number of hydrogen-bond acceptors (Lipinski definition) is 3. The van der Waals surface area contributed by atoms with Gasteiger partial charge in [0.2, 0.25) is 0 Å². The van der Waals surface area contributed by atoms with Crippen LogP contribution in [0.25, 0.3) is 0 Å². The molecule has 6 heteroatoms. The lowest BCUT2D eigenvalue weighted by atomic mass is 10.2. The van der Waals surface area contributed by atoms with Crippen LogP contribution < -0.4 is 0 Å². The molecule has 1 fully saturated rings. The van der Waals surface area contributed by atoms with Crippen LogP contribution in [-0.4, -0.2) is 31.4 Å². The molecule has 0 aliphatic heterocycles. The Kier molecular flexibility index (Phi) is 3.56. The number of amides is 1. The number of carbonyl (C=O) groups is 1. The maximum atomic E-state index is 12.6. The predicted octanol–water partition coefficient (Wildman–Crippen LogP) is 2.38. The number of rotatable bonds is 4. The first-order valence-corrected chi connectivity index (χ1v) is 7.33. The number of nitrogens with zero attached hydrogens (tertiary/aromatic N) is 4. The van der Waals surface area contributed by atoms with E-state index in [1.54, 1.807) is 24.5 Å². The van der Waals surface area contributed by atoms with E-state index in [4.69, 9.17) is 0 Å². The molecule has 1 saturated carbocycles. The Morgan fingerprint density at radius 2 is 2.25 bits per heavy atom. The molecule has 3 rings (SSSR count). The number of aromatic nitrogens is 3. The summed E-state index contributed by atoms with van der Waals surface area (Å²) in [5.41, 5.74) is 0.620. The third-order valence-corrected chi connectivity index (χ3v) is 3.92. The molecule has 0 N–H and O–H groups in total. The zero-order valence-electron chi connectivity index (χ0n) is 11.2. The van der Waals surface area contributed by atoms with Gasteiger partial charge in [0, 0.05) is 31.7 Å². The molecule has 0 bridgehead atoms. The minimum absolute atomic E-state index is 0.0236. The van der Waals surface area contributed by atoms with Gasteiger partial charge in [-0.25, -0.2) is 9.97 Å². The first-order valence-electron chi connectivity index (χ1n) is 6.54. The predicted molar refractivity (Wildman–Crippen MR) is 78.0 cm³/mol. The molecule has 5 nitrogen and oxygen atoms in total. The molecule has 0 spiro atoms. The number of hydrogen-bond donors (Lipinski definition) is 0. The lowest BCUT2D eigenvalue weighted by Gasteiger charge is -2.22. The molecule has 0 radical (unpaired) electrons. The van der Waals surface area contributed by atoms with Crippen LogP contribution >= 0.6 is 15.9 Å². The summed E-state index contributed by atoms with van der Waals surface area (Å²) in [5, 5.41) is 0. The monoisotopic (exact) mass is 334 g/mol. The largest absolute Gasteiger partial charge is 0.337 e. The van der Waals surface area contributed by atoms with Crippen LogP contribution in [0, 0.1) is 0 Å². The Morgan fingerprint density at radius 1 is 1.45 bits per heavy atom. The summed E-state index contributed by atoms with van der Waals surface area (Å²) in [7, 11) is 1.94. The van der Waals surface area contributed by atoms with Crippen molar-refractivity contribution in [3.05, 3.63) is 46.7 Å². The van der Waals surface area contributed by atoms with Gasteiger partial charge in [0.25, 0.3) is 5.91 Å². The van der Waals surface area contributed by atoms with E-state index >= 15 is 0 Å². The molecule has 0 aromatic carbocycles. The normalized spacial score (nSPS) is 14.3. The van der Waals surface area contributed by atoms with Gasteiger partial charge in [-0.05, 0) is 40.9 Å². The second-order valence-corrected chi connectivity index (χ2v) is 5.80. The summed E-state index contributed by atoms with van der Waals surface area (Å²) in [6.07, 6.45) is 7.40. The van der Waals surface area contributed by atoms with Crippen molar-refractivity contribution in [1.82, 2.24) is 19.4 Å². The summed E-state index contributed by atoms with van der Waals surface area (Å²) in [6.45, 7) is 0.545. The fraction of sp³-hybridized carbons (Fsp3) is 0.357. The van der Waals surface area contributed by atoms with Crippen molar-refractivity contribution in [3.63, 3.8) is 0 Å². The number of carbonyl (C=O) groups excluding carboxylic acids is 1. The van der Waals surface area contributed by atoms with Gasteiger partial charge in [0.1, 0.15) is 10.4 Å². The molecular weight excluding hydrogens is 320 g/mol. The van der Waals surface area contributed by atoms with Crippen molar-refractivity contribution in [2.45, 2.75) is 25.4 Å². The van der Waals surface area contributed by atoms with Crippen LogP contribution in [0.5, 0.6) is 0 Å². The summed E-state index contributed by atoms with van der Waals surface area (Å²) in [5.74, 6) is 0.922. The SMILES string of the molecule is Cn1ccnc1CN(C(=O)c1ccc(Br)nc1)C1CC1. The van der Waals surface area contributed by atoms with E-state index in [1.165, 1.54) is 0 Å². The van der Waals surface area contributed by atoms with Gasteiger partial charge in [0.15, 0.2) is 0 Å². The minimum atomic E-state index is 0.0236. The Balaban J connectivity index is 1.82. The quantitative estimate of drug-likeness (QED) is 0.806. The Morgan fingerprint density at radius 3 is 2.80 bits per heavy atom. The molecule has 1 aliphatic rings. The molecule has 1 aliphatic carbocycles. The Hall–Kier alpha value is -1.69. The molecular formula is C14H15BrN4O. The molecule has 20 heavy (non-hydrogen) atoms. The van der Waals surface area contributed by atoms with Crippen molar-refractivity contribution in [2.75, 3.05) is 0 Å². The average molecular weight is 335 g/mol. The lowest BCUT2D eigenvalue weighted by molar-refractivity contribution is 0.0723. The molecule has 0 saturated heterocycles. The van der Waals surface area contributed by atoms with E-state index in [9.17, 15) is 4.79 Å². The second-order valence-electron chi connectivity index (χ2n) is 4.99. The van der Waals surface area contributed by atoms with Crippen molar-refractivity contribution in [1.29, 1.82) is 0 Å². The molecule has 0 atom stereocenters. The van der Waals surface area contributed by atoms with E-state index in [1.807, 2.05) is 22.7 Å². The van der Waals surface area contributed by atoms with E-state index in [0.717, 1.165) is 23.3 Å². The van der Waals surface area contributed by atoms with Gasteiger partial charge in [-0.15, -0.1) is 0 Å². The Bertz CT molecular complexity index is 618. The molecule has 104 valence electrons. The molecule has 2 heterocycles. The van der Waals surface area contributed by atoms with E-state index < -0.39 is 0 Å². The van der Waals surface area contributed by atoms with Crippen LogP contribution in [0.4, 0.5) is 0 Å². The van der Waals surface area contributed by atoms with Crippen LogP contribution in [0.3, 0.4) is 0 Å². The maximum absolute atomic E-state index is 12.6. The summed E-state index contributed by atoms with van der Waals surface area (Å²) < 4.78 is 2.68. The zero-order chi connectivity index (χ0) is 14.1. The fourth-order valence-electron chi connectivity index (χ4n) is 2.12. The molecule has 1 amide bonds. The number of aryl methyl sites for hydroxylation is 1. The highest BCUT2D eigenvalue weighted by Gasteiger charge is 2.33. The van der Waals surface area contributed by atoms with E-state index in [-0.39, 0.29) is 5.91 Å². The third-order valence-electron chi connectivity index (χ3n) is 3.46. The Labute approximate surface area is 125 Å². The van der Waals surface area contributed by atoms with Crippen LogP contribution in [0.1, 0.15) is 29.0 Å². The smallest absolute Gasteiger partial charge is 0.256 e. The number of imidazole rings is 1. The van der Waals surface area contributed by atoms with Crippen molar-refractivity contribution >= 4 is 21.8 Å². The first-order chi connectivity index (χ1) is 9.65. The van der Waals surface area contributed by atoms with Crippen LogP contribution in [-0.2, 0) is 13.6 Å². The minimum Gasteiger partial charge on any atom is -0.337 e. The standard InChI is InChI=1S/C14H15BrN4O/c1-18-7-6-16-13(18)9-19(11-3-4-11)14(20)10-2-5-12(15)17-8-10/h2,5-8,11H,3-4,9H2,1H3. The highest BCUT2D eigenvalue weighted by Crippen LogP contribution is 2.29. The number of pyridine rings is 1. The molecule has 2 aromatic heterocycles. The van der Waals surface area contributed by atoms with Crippen molar-refractivity contribution < 1.29 is 4.79 Å². The summed E-state index contributed by atoms with van der Waals surface area (Å²) in [4.78, 5) is 22.9. The summed E-state index contributed by atoms with van der Waals surface area (Å²) in [6, 6.07) is 3.93. The van der Waals surface area contributed by atoms with Crippen LogP contribution in [0.15, 0.2) is 35.3 Å². The van der Waals surface area contributed by atoms with Gasteiger partial charge in [-0.1, -0.05) is 0 Å². The fourth-order valence-corrected chi connectivity index (χ4v) is 2.36. The van der Waals surface area contributed by atoms with E-state index in [2.05, 4.69) is 25.9 Å². The number of halogens is 1. The zero-order valence-corrected chi connectivity index (χ0v) is 12.7. The topological polar surface area (TPSA) is 51.0 Å². The highest BCUT2D eigenvalue weighted by molar-refractivity contribution is 9.10. The van der Waals surface area contributed by atoms with Gasteiger partial charge >= 0.3 is 0 Å². The first kappa shape index (κ1) is 13.3. The summed E-state index contributed by atoms with van der Waals surface area (Å²) >= 11 is 3.28.